The van der Waals surface area contributed by atoms with Gasteiger partial charge in [0.2, 0.25) is 11.8 Å². The average Bonchev–Trinajstić information content (AvgIpc) is 2.92. The molecule has 25 heavy (non-hydrogen) atoms. The van der Waals surface area contributed by atoms with Crippen molar-refractivity contribution in [2.24, 2.45) is 0 Å². The number of benzene rings is 2. The molecule has 6 nitrogen and oxygen atoms in total. The van der Waals surface area contributed by atoms with E-state index in [2.05, 4.69) is 10.6 Å². The van der Waals surface area contributed by atoms with Gasteiger partial charge >= 0.3 is 29.6 Å². The summed E-state index contributed by atoms with van der Waals surface area (Å²) in [6, 6.07) is 13.6. The van der Waals surface area contributed by atoms with E-state index in [1.54, 1.807) is 48.5 Å². The van der Waals surface area contributed by atoms with Gasteiger partial charge < -0.3 is 20.5 Å². The third kappa shape index (κ3) is 4.69. The minimum absolute atomic E-state index is 0. The number of nitrogens with one attached hydrogen (secondary N) is 2. The van der Waals surface area contributed by atoms with Crippen LogP contribution in [0.25, 0.3) is 0 Å². The Hall–Kier alpha value is -2.15. The zero-order chi connectivity index (χ0) is 17.1. The number of carbonyl (C=O) groups is 3. The number of hydrogen-bond acceptors (Lipinski definition) is 4. The van der Waals surface area contributed by atoms with Crippen molar-refractivity contribution in [3.05, 3.63) is 59.7 Å². The van der Waals surface area contributed by atoms with E-state index in [9.17, 15) is 19.5 Å². The third-order valence-electron chi connectivity index (χ3n) is 3.89. The summed E-state index contributed by atoms with van der Waals surface area (Å²) in [6.45, 7) is 0. The summed E-state index contributed by atoms with van der Waals surface area (Å²) in [5, 5.41) is 16.7. The van der Waals surface area contributed by atoms with Gasteiger partial charge in [0, 0.05) is 29.7 Å². The van der Waals surface area contributed by atoms with Gasteiger partial charge in [-0.15, -0.1) is 0 Å². The maximum Gasteiger partial charge on any atom is 1.00 e. The zero-order valence-corrected chi connectivity index (χ0v) is 15.7. The molecule has 122 valence electrons. The van der Waals surface area contributed by atoms with Crippen molar-refractivity contribution in [3.8, 4) is 0 Å². The molecule has 0 bridgehead atoms. The molecular formula is C18H15N2NaO4. The first-order chi connectivity index (χ1) is 11.5. The Bertz CT molecular complexity index is 808. The number of amides is 2. The monoisotopic (exact) mass is 346 g/mol. The van der Waals surface area contributed by atoms with E-state index in [-0.39, 0.29) is 48.3 Å². The SMILES string of the molecule is O=C(CC(C(=O)[O-])c1ccccc1)Nc1ccc2c(c1)CC(=O)N2.[Na+]. The molecule has 0 radical (unpaired) electrons. The van der Waals surface area contributed by atoms with Crippen LogP contribution in [-0.4, -0.2) is 17.8 Å². The van der Waals surface area contributed by atoms with Gasteiger partial charge in [0.1, 0.15) is 0 Å². The molecule has 0 fully saturated rings. The largest absolute Gasteiger partial charge is 1.00 e. The Morgan fingerprint density at radius 3 is 2.56 bits per heavy atom. The summed E-state index contributed by atoms with van der Waals surface area (Å²) >= 11 is 0. The molecule has 2 aromatic rings. The molecule has 0 aliphatic carbocycles. The van der Waals surface area contributed by atoms with Crippen molar-refractivity contribution in [3.63, 3.8) is 0 Å². The molecule has 2 amide bonds. The van der Waals surface area contributed by atoms with Gasteiger partial charge in [-0.3, -0.25) is 9.59 Å². The van der Waals surface area contributed by atoms with Gasteiger partial charge in [-0.25, -0.2) is 0 Å². The molecule has 2 N–H and O–H groups in total. The van der Waals surface area contributed by atoms with Gasteiger partial charge in [-0.1, -0.05) is 30.3 Å². The van der Waals surface area contributed by atoms with E-state index in [0.717, 1.165) is 11.3 Å². The predicted octanol–water partition coefficient (Wildman–Crippen LogP) is -1.95. The van der Waals surface area contributed by atoms with Gasteiger partial charge in [0.05, 0.1) is 6.42 Å². The molecular weight excluding hydrogens is 331 g/mol. The van der Waals surface area contributed by atoms with Crippen LogP contribution in [0.4, 0.5) is 11.4 Å². The van der Waals surface area contributed by atoms with Crippen LogP contribution in [-0.2, 0) is 20.8 Å². The zero-order valence-electron chi connectivity index (χ0n) is 13.7. The number of carboxylic acids is 1. The van der Waals surface area contributed by atoms with Crippen molar-refractivity contribution in [1.29, 1.82) is 0 Å². The fourth-order valence-corrected chi connectivity index (χ4v) is 2.73. The molecule has 3 rings (SSSR count). The molecule has 0 saturated heterocycles. The predicted molar refractivity (Wildman–Crippen MR) is 86.2 cm³/mol. The van der Waals surface area contributed by atoms with Crippen molar-refractivity contribution < 1.29 is 49.0 Å². The Morgan fingerprint density at radius 1 is 1.16 bits per heavy atom. The van der Waals surface area contributed by atoms with Crippen molar-refractivity contribution in [1.82, 2.24) is 0 Å². The van der Waals surface area contributed by atoms with Crippen LogP contribution in [0.1, 0.15) is 23.5 Å². The number of fused-ring (bicyclic) bond motifs is 1. The quantitative estimate of drug-likeness (QED) is 0.615. The summed E-state index contributed by atoms with van der Waals surface area (Å²) in [6.07, 6.45) is 0.0470. The van der Waals surface area contributed by atoms with E-state index in [4.69, 9.17) is 0 Å². The van der Waals surface area contributed by atoms with Gasteiger partial charge in [0.15, 0.2) is 0 Å². The van der Waals surface area contributed by atoms with Crippen LogP contribution >= 0.6 is 0 Å². The Kier molecular flexibility index (Phi) is 6.36. The number of hydrogen-bond donors (Lipinski definition) is 2. The molecule has 1 atom stereocenters. The van der Waals surface area contributed by atoms with Crippen LogP contribution in [0, 0.1) is 0 Å². The van der Waals surface area contributed by atoms with Crippen LogP contribution < -0.4 is 45.3 Å². The molecule has 1 aliphatic rings. The molecule has 0 aromatic heterocycles. The molecule has 2 aromatic carbocycles. The third-order valence-corrected chi connectivity index (χ3v) is 3.89. The number of carbonyl (C=O) groups excluding carboxylic acids is 3. The van der Waals surface area contributed by atoms with E-state index in [1.165, 1.54) is 0 Å². The molecule has 0 spiro atoms. The molecule has 1 aliphatic heterocycles. The van der Waals surface area contributed by atoms with Crippen LogP contribution in [0.5, 0.6) is 0 Å². The minimum atomic E-state index is -1.29. The number of anilines is 2. The second-order valence-corrected chi connectivity index (χ2v) is 5.63. The Balaban J connectivity index is 0.00000225. The van der Waals surface area contributed by atoms with E-state index in [0.29, 0.717) is 11.3 Å². The molecule has 1 unspecified atom stereocenters. The van der Waals surface area contributed by atoms with E-state index in [1.807, 2.05) is 0 Å². The fourth-order valence-electron chi connectivity index (χ4n) is 2.73. The smallest absolute Gasteiger partial charge is 0.549 e. The maximum atomic E-state index is 12.2. The first-order valence-electron chi connectivity index (χ1n) is 7.51. The Morgan fingerprint density at radius 2 is 1.88 bits per heavy atom. The normalized spacial score (nSPS) is 13.2. The average molecular weight is 346 g/mol. The Labute approximate surface area is 166 Å². The van der Waals surface area contributed by atoms with Crippen LogP contribution in [0.15, 0.2) is 48.5 Å². The maximum absolute atomic E-state index is 12.2. The summed E-state index contributed by atoms with van der Waals surface area (Å²) in [5.74, 6) is -2.82. The summed E-state index contributed by atoms with van der Waals surface area (Å²) in [5.41, 5.74) is 2.59. The van der Waals surface area contributed by atoms with Crippen molar-refractivity contribution in [2.45, 2.75) is 18.8 Å². The molecule has 7 heteroatoms. The minimum Gasteiger partial charge on any atom is -0.549 e. The molecule has 0 saturated carbocycles. The standard InChI is InChI=1S/C18H16N2O4.Na/c21-16-9-12-8-13(6-7-15(12)20-16)19-17(22)10-14(18(23)24)11-4-2-1-3-5-11;/h1-8,14H,9-10H2,(H,19,22)(H,20,21)(H,23,24);/q;+1/p-1. The first-order valence-corrected chi connectivity index (χ1v) is 7.51. The van der Waals surface area contributed by atoms with Gasteiger partial charge in [-0.05, 0) is 29.3 Å². The number of carboxylic acid groups (broad SMARTS) is 1. The summed E-state index contributed by atoms with van der Waals surface area (Å²) < 4.78 is 0. The topological polar surface area (TPSA) is 98.3 Å². The fraction of sp³-hybridized carbons (Fsp3) is 0.167. The van der Waals surface area contributed by atoms with Crippen LogP contribution in [0.3, 0.4) is 0 Å². The van der Waals surface area contributed by atoms with E-state index < -0.39 is 17.8 Å². The summed E-state index contributed by atoms with van der Waals surface area (Å²) in [7, 11) is 0. The number of aliphatic carboxylic acids is 1. The van der Waals surface area contributed by atoms with Crippen molar-refractivity contribution >= 4 is 29.2 Å². The van der Waals surface area contributed by atoms with Crippen molar-refractivity contribution in [2.75, 3.05) is 10.6 Å². The second kappa shape index (κ2) is 8.29. The molecule has 1 heterocycles. The first kappa shape index (κ1) is 19.2. The summed E-state index contributed by atoms with van der Waals surface area (Å²) in [4.78, 5) is 34.9. The number of rotatable bonds is 5. The van der Waals surface area contributed by atoms with Crippen LogP contribution in [0.2, 0.25) is 0 Å². The van der Waals surface area contributed by atoms with E-state index >= 15 is 0 Å². The second-order valence-electron chi connectivity index (χ2n) is 5.63. The van der Waals surface area contributed by atoms with Gasteiger partial charge in [-0.2, -0.15) is 0 Å². The van der Waals surface area contributed by atoms with Gasteiger partial charge in [0.25, 0.3) is 0 Å².